The summed E-state index contributed by atoms with van der Waals surface area (Å²) in [5.41, 5.74) is 6.70. The molecule has 0 radical (unpaired) electrons. The third-order valence-electron chi connectivity index (χ3n) is 2.91. The molecule has 20 heavy (non-hydrogen) atoms. The number of nitrogens with zero attached hydrogens (tertiary/aromatic N) is 3. The van der Waals surface area contributed by atoms with Crippen molar-refractivity contribution < 1.29 is 13.9 Å². The van der Waals surface area contributed by atoms with Crippen LogP contribution in [0.2, 0.25) is 0 Å². The molecule has 0 atom stereocenters. The maximum Gasteiger partial charge on any atom is 0.248 e. The van der Waals surface area contributed by atoms with E-state index in [0.29, 0.717) is 6.54 Å². The summed E-state index contributed by atoms with van der Waals surface area (Å²) in [7, 11) is 0. The van der Waals surface area contributed by atoms with E-state index in [1.807, 2.05) is 13.8 Å². The van der Waals surface area contributed by atoms with E-state index in [1.54, 1.807) is 4.68 Å². The molecule has 0 aliphatic carbocycles. The Balaban J connectivity index is 2.15. The second-order valence-corrected chi connectivity index (χ2v) is 4.24. The Bertz CT molecular complexity index is 639. The van der Waals surface area contributed by atoms with Gasteiger partial charge in [0.2, 0.25) is 5.91 Å². The van der Waals surface area contributed by atoms with Crippen LogP contribution in [-0.4, -0.2) is 20.9 Å². The van der Waals surface area contributed by atoms with Crippen LogP contribution in [0.25, 0.3) is 0 Å². The molecule has 0 unspecified atom stereocenters. The van der Waals surface area contributed by atoms with Crippen molar-refractivity contribution in [2.45, 2.75) is 27.0 Å². The average molecular weight is 278 g/mol. The fourth-order valence-electron chi connectivity index (χ4n) is 1.77. The fraction of sp³-hybridized carbons (Fsp3) is 0.308. The van der Waals surface area contributed by atoms with Crippen LogP contribution >= 0.6 is 0 Å². The van der Waals surface area contributed by atoms with E-state index in [1.165, 1.54) is 12.1 Å². The van der Waals surface area contributed by atoms with Crippen LogP contribution in [0.15, 0.2) is 18.2 Å². The van der Waals surface area contributed by atoms with E-state index >= 15 is 0 Å². The number of rotatable bonds is 5. The van der Waals surface area contributed by atoms with Crippen LogP contribution in [0.5, 0.6) is 5.75 Å². The van der Waals surface area contributed by atoms with Gasteiger partial charge in [-0.1, -0.05) is 5.21 Å². The molecule has 1 aromatic heterocycles. The lowest BCUT2D eigenvalue weighted by Crippen LogP contribution is -2.11. The van der Waals surface area contributed by atoms with Crippen LogP contribution in [0.1, 0.15) is 28.7 Å². The number of primary amides is 1. The smallest absolute Gasteiger partial charge is 0.248 e. The number of nitrogens with two attached hydrogens (primary N) is 1. The lowest BCUT2D eigenvalue weighted by molar-refractivity contribution is 0.0999. The molecule has 106 valence electrons. The molecule has 0 aliphatic heterocycles. The van der Waals surface area contributed by atoms with Crippen LogP contribution in [-0.2, 0) is 13.2 Å². The van der Waals surface area contributed by atoms with E-state index in [9.17, 15) is 9.18 Å². The standard InChI is InChI=1S/C13H15FN4O2/c1-3-18-11(8(2)16-17-18)7-20-12-5-4-9(13(15)19)6-10(12)14/h4-6H,3,7H2,1-2H3,(H2,15,19). The minimum atomic E-state index is -0.681. The predicted molar refractivity (Wildman–Crippen MR) is 69.7 cm³/mol. The van der Waals surface area contributed by atoms with Crippen molar-refractivity contribution in [3.63, 3.8) is 0 Å². The molecule has 1 heterocycles. The van der Waals surface area contributed by atoms with Crippen LogP contribution in [0.3, 0.4) is 0 Å². The summed E-state index contributed by atoms with van der Waals surface area (Å²) in [5.74, 6) is -1.26. The summed E-state index contributed by atoms with van der Waals surface area (Å²) in [5, 5.41) is 7.88. The topological polar surface area (TPSA) is 83.0 Å². The molecule has 0 fully saturated rings. The number of aryl methyl sites for hydroxylation is 2. The molecular formula is C13H15FN4O2. The first kappa shape index (κ1) is 14.0. The predicted octanol–water partition coefficient (Wildman–Crippen LogP) is 1.42. The van der Waals surface area contributed by atoms with Crippen molar-refractivity contribution in [1.82, 2.24) is 15.0 Å². The number of carbonyl (C=O) groups excluding carboxylic acids is 1. The van der Waals surface area contributed by atoms with Gasteiger partial charge in [-0.25, -0.2) is 9.07 Å². The maximum absolute atomic E-state index is 13.8. The van der Waals surface area contributed by atoms with Crippen molar-refractivity contribution in [2.75, 3.05) is 0 Å². The first-order valence-electron chi connectivity index (χ1n) is 6.14. The number of ether oxygens (including phenoxy) is 1. The van der Waals surface area contributed by atoms with E-state index in [4.69, 9.17) is 10.5 Å². The van der Waals surface area contributed by atoms with Crippen molar-refractivity contribution in [3.8, 4) is 5.75 Å². The van der Waals surface area contributed by atoms with Gasteiger partial charge in [0.05, 0.1) is 11.4 Å². The van der Waals surface area contributed by atoms with Gasteiger partial charge in [0.15, 0.2) is 11.6 Å². The summed E-state index contributed by atoms with van der Waals surface area (Å²) in [6, 6.07) is 3.85. The molecule has 0 spiro atoms. The quantitative estimate of drug-likeness (QED) is 0.896. The van der Waals surface area contributed by atoms with Gasteiger partial charge in [0, 0.05) is 12.1 Å². The second-order valence-electron chi connectivity index (χ2n) is 4.24. The Morgan fingerprint density at radius 3 is 2.85 bits per heavy atom. The lowest BCUT2D eigenvalue weighted by Gasteiger charge is -2.09. The monoisotopic (exact) mass is 278 g/mol. The molecule has 0 bridgehead atoms. The van der Waals surface area contributed by atoms with Crippen molar-refractivity contribution >= 4 is 5.91 Å². The molecule has 2 N–H and O–H groups in total. The molecular weight excluding hydrogens is 263 g/mol. The largest absolute Gasteiger partial charge is 0.484 e. The first-order valence-corrected chi connectivity index (χ1v) is 6.14. The minimum Gasteiger partial charge on any atom is -0.484 e. The Hall–Kier alpha value is -2.44. The van der Waals surface area contributed by atoms with Crippen LogP contribution < -0.4 is 10.5 Å². The molecule has 1 aromatic carbocycles. The van der Waals surface area contributed by atoms with Gasteiger partial charge in [-0.15, -0.1) is 5.10 Å². The van der Waals surface area contributed by atoms with Gasteiger partial charge in [-0.2, -0.15) is 0 Å². The molecule has 0 saturated heterocycles. The summed E-state index contributed by atoms with van der Waals surface area (Å²) < 4.78 is 20.8. The zero-order valence-electron chi connectivity index (χ0n) is 11.3. The van der Waals surface area contributed by atoms with Gasteiger partial charge >= 0.3 is 0 Å². The van der Waals surface area contributed by atoms with Gasteiger partial charge < -0.3 is 10.5 Å². The SMILES string of the molecule is CCn1nnc(C)c1COc1ccc(C(N)=O)cc1F. The van der Waals surface area contributed by atoms with E-state index in [-0.39, 0.29) is 17.9 Å². The number of halogens is 1. The van der Waals surface area contributed by atoms with Gasteiger partial charge in [-0.3, -0.25) is 4.79 Å². The second kappa shape index (κ2) is 5.68. The van der Waals surface area contributed by atoms with Crippen molar-refractivity contribution in [3.05, 3.63) is 41.0 Å². The third-order valence-corrected chi connectivity index (χ3v) is 2.91. The Morgan fingerprint density at radius 2 is 2.25 bits per heavy atom. The highest BCUT2D eigenvalue weighted by Crippen LogP contribution is 2.20. The Kier molecular flexibility index (Phi) is 3.97. The summed E-state index contributed by atoms with van der Waals surface area (Å²) in [6.45, 7) is 4.55. The zero-order valence-corrected chi connectivity index (χ0v) is 11.3. The Morgan fingerprint density at radius 1 is 1.50 bits per heavy atom. The van der Waals surface area contributed by atoms with Crippen molar-refractivity contribution in [1.29, 1.82) is 0 Å². The Labute approximate surface area is 115 Å². The van der Waals surface area contributed by atoms with E-state index in [2.05, 4.69) is 10.3 Å². The van der Waals surface area contributed by atoms with Crippen LogP contribution in [0, 0.1) is 12.7 Å². The molecule has 2 aromatic rings. The number of amides is 1. The maximum atomic E-state index is 13.8. The molecule has 6 nitrogen and oxygen atoms in total. The van der Waals surface area contributed by atoms with Gasteiger partial charge in [-0.05, 0) is 32.0 Å². The highest BCUT2D eigenvalue weighted by Gasteiger charge is 2.12. The lowest BCUT2D eigenvalue weighted by atomic mass is 10.2. The molecule has 7 heteroatoms. The molecule has 1 amide bonds. The summed E-state index contributed by atoms with van der Waals surface area (Å²) in [6.07, 6.45) is 0. The normalized spacial score (nSPS) is 10.6. The number of benzene rings is 1. The first-order chi connectivity index (χ1) is 9.52. The number of hydrogen-bond acceptors (Lipinski definition) is 4. The fourth-order valence-corrected chi connectivity index (χ4v) is 1.77. The molecule has 0 saturated carbocycles. The number of carbonyl (C=O) groups is 1. The summed E-state index contributed by atoms with van der Waals surface area (Å²) in [4.78, 5) is 10.9. The third kappa shape index (κ3) is 2.76. The number of aromatic nitrogens is 3. The zero-order chi connectivity index (χ0) is 14.7. The van der Waals surface area contributed by atoms with E-state index < -0.39 is 11.7 Å². The molecule has 2 rings (SSSR count). The minimum absolute atomic E-state index is 0.0539. The van der Waals surface area contributed by atoms with Crippen molar-refractivity contribution in [2.24, 2.45) is 5.73 Å². The number of hydrogen-bond donors (Lipinski definition) is 1. The van der Waals surface area contributed by atoms with Crippen LogP contribution in [0.4, 0.5) is 4.39 Å². The highest BCUT2D eigenvalue weighted by molar-refractivity contribution is 5.92. The van der Waals surface area contributed by atoms with Gasteiger partial charge in [0.1, 0.15) is 6.61 Å². The van der Waals surface area contributed by atoms with E-state index in [0.717, 1.165) is 17.5 Å². The molecule has 0 aliphatic rings. The van der Waals surface area contributed by atoms with Gasteiger partial charge in [0.25, 0.3) is 0 Å². The summed E-state index contributed by atoms with van der Waals surface area (Å²) >= 11 is 0. The highest BCUT2D eigenvalue weighted by atomic mass is 19.1. The average Bonchev–Trinajstić information content (AvgIpc) is 2.77.